The fraction of sp³-hybridized carbons (Fsp3) is 0.467. The van der Waals surface area contributed by atoms with Gasteiger partial charge in [0.25, 0.3) is 0 Å². The molecule has 21 heavy (non-hydrogen) atoms. The molecule has 1 aliphatic heterocycles. The van der Waals surface area contributed by atoms with Gasteiger partial charge in [0.05, 0.1) is 6.42 Å². The van der Waals surface area contributed by atoms with E-state index < -0.39 is 11.6 Å². The number of aliphatic hydroxyl groups is 1. The molecule has 5 nitrogen and oxygen atoms in total. The largest absolute Gasteiger partial charge is 0.479 e. The van der Waals surface area contributed by atoms with Gasteiger partial charge in [0.1, 0.15) is 0 Å². The summed E-state index contributed by atoms with van der Waals surface area (Å²) in [6.45, 7) is 2.52. The van der Waals surface area contributed by atoms with E-state index in [1.54, 1.807) is 4.90 Å². The highest BCUT2D eigenvalue weighted by Gasteiger charge is 2.40. The maximum atomic E-state index is 12.2. The number of hydrogen-bond donors (Lipinski definition) is 2. The van der Waals surface area contributed by atoms with Gasteiger partial charge in [-0.05, 0) is 24.1 Å². The fourth-order valence-electron chi connectivity index (χ4n) is 2.37. The van der Waals surface area contributed by atoms with Gasteiger partial charge in [-0.1, -0.05) is 28.1 Å². The summed E-state index contributed by atoms with van der Waals surface area (Å²) in [6, 6.07) is 5.78. The Hall–Kier alpha value is -1.40. The van der Waals surface area contributed by atoms with Crippen LogP contribution < -0.4 is 0 Å². The van der Waals surface area contributed by atoms with E-state index in [-0.39, 0.29) is 38.3 Å². The van der Waals surface area contributed by atoms with E-state index in [1.165, 1.54) is 0 Å². The number of rotatable bonds is 3. The van der Waals surface area contributed by atoms with Crippen molar-refractivity contribution in [2.75, 3.05) is 13.1 Å². The van der Waals surface area contributed by atoms with Crippen LogP contribution in [0.5, 0.6) is 0 Å². The topological polar surface area (TPSA) is 77.8 Å². The summed E-state index contributed by atoms with van der Waals surface area (Å²) >= 11 is 3.44. The van der Waals surface area contributed by atoms with E-state index in [9.17, 15) is 14.7 Å². The number of likely N-dealkylation sites (tertiary alicyclic amines) is 1. The van der Waals surface area contributed by atoms with Crippen LogP contribution in [0.2, 0.25) is 0 Å². The Labute approximate surface area is 131 Å². The molecule has 1 fully saturated rings. The molecule has 114 valence electrons. The number of amides is 1. The van der Waals surface area contributed by atoms with Crippen molar-refractivity contribution in [1.82, 2.24) is 4.90 Å². The van der Waals surface area contributed by atoms with Crippen molar-refractivity contribution in [3.05, 3.63) is 33.8 Å². The molecule has 0 unspecified atom stereocenters. The average Bonchev–Trinajstić information content (AvgIpc) is 2.43. The summed E-state index contributed by atoms with van der Waals surface area (Å²) in [7, 11) is 0. The van der Waals surface area contributed by atoms with Crippen LogP contribution in [0.25, 0.3) is 0 Å². The van der Waals surface area contributed by atoms with Crippen molar-refractivity contribution in [1.29, 1.82) is 0 Å². The van der Waals surface area contributed by atoms with Crippen LogP contribution in [0.3, 0.4) is 0 Å². The fourth-order valence-corrected chi connectivity index (χ4v) is 2.80. The molecule has 1 aromatic carbocycles. The first-order chi connectivity index (χ1) is 9.82. The van der Waals surface area contributed by atoms with Crippen LogP contribution in [-0.2, 0) is 16.0 Å². The van der Waals surface area contributed by atoms with Gasteiger partial charge in [0, 0.05) is 30.4 Å². The zero-order chi connectivity index (χ0) is 15.6. The molecule has 0 bridgehead atoms. The molecule has 2 N–H and O–H groups in total. The molecule has 0 spiro atoms. The first kappa shape index (κ1) is 16.0. The Morgan fingerprint density at radius 3 is 2.48 bits per heavy atom. The second-order valence-corrected chi connectivity index (χ2v) is 6.33. The molecule has 0 aromatic heterocycles. The van der Waals surface area contributed by atoms with Gasteiger partial charge in [-0.3, -0.25) is 4.79 Å². The number of benzene rings is 1. The Bertz CT molecular complexity index is 565. The third kappa shape index (κ3) is 3.63. The maximum absolute atomic E-state index is 12.2. The monoisotopic (exact) mass is 355 g/mol. The molecule has 0 saturated carbocycles. The zero-order valence-corrected chi connectivity index (χ0v) is 13.4. The smallest absolute Gasteiger partial charge is 0.335 e. The average molecular weight is 356 g/mol. The van der Waals surface area contributed by atoms with Gasteiger partial charge < -0.3 is 15.1 Å². The molecule has 1 aromatic rings. The predicted octanol–water partition coefficient (Wildman–Crippen LogP) is 1.74. The quantitative estimate of drug-likeness (QED) is 0.865. The lowest BCUT2D eigenvalue weighted by Crippen LogP contribution is -2.51. The van der Waals surface area contributed by atoms with Crippen molar-refractivity contribution >= 4 is 27.8 Å². The van der Waals surface area contributed by atoms with E-state index in [1.807, 2.05) is 25.1 Å². The van der Waals surface area contributed by atoms with Gasteiger partial charge in [0.2, 0.25) is 5.91 Å². The van der Waals surface area contributed by atoms with Crippen LogP contribution in [0.1, 0.15) is 24.0 Å². The second kappa shape index (κ2) is 6.15. The minimum Gasteiger partial charge on any atom is -0.479 e. The van der Waals surface area contributed by atoms with Crippen LogP contribution in [0.15, 0.2) is 22.7 Å². The highest BCUT2D eigenvalue weighted by Crippen LogP contribution is 2.23. The van der Waals surface area contributed by atoms with E-state index in [4.69, 9.17) is 5.11 Å². The Morgan fingerprint density at radius 1 is 1.33 bits per heavy atom. The van der Waals surface area contributed by atoms with E-state index >= 15 is 0 Å². The van der Waals surface area contributed by atoms with Gasteiger partial charge in [-0.2, -0.15) is 0 Å². The predicted molar refractivity (Wildman–Crippen MR) is 81.0 cm³/mol. The SMILES string of the molecule is Cc1ccc(CC(=O)N2CCC(O)(C(=O)O)CC2)cc1Br. The molecule has 1 aliphatic rings. The molecular weight excluding hydrogens is 338 g/mol. The number of carboxylic acid groups (broad SMARTS) is 1. The van der Waals surface area contributed by atoms with Crippen molar-refractivity contribution in [3.63, 3.8) is 0 Å². The van der Waals surface area contributed by atoms with E-state index in [0.29, 0.717) is 0 Å². The van der Waals surface area contributed by atoms with Crippen LogP contribution in [-0.4, -0.2) is 45.7 Å². The Balaban J connectivity index is 1.96. The number of hydrogen-bond acceptors (Lipinski definition) is 3. The summed E-state index contributed by atoms with van der Waals surface area (Å²) in [5.74, 6) is -1.25. The molecule has 0 radical (unpaired) electrons. The second-order valence-electron chi connectivity index (χ2n) is 5.48. The van der Waals surface area contributed by atoms with Crippen molar-refractivity contribution < 1.29 is 19.8 Å². The first-order valence-electron chi connectivity index (χ1n) is 6.80. The molecule has 1 saturated heterocycles. The number of halogens is 1. The number of piperidine rings is 1. The maximum Gasteiger partial charge on any atom is 0.335 e. The summed E-state index contributed by atoms with van der Waals surface area (Å²) < 4.78 is 0.965. The van der Waals surface area contributed by atoms with Gasteiger partial charge in [-0.25, -0.2) is 4.79 Å². The number of aliphatic carboxylic acids is 1. The Morgan fingerprint density at radius 2 is 1.95 bits per heavy atom. The van der Waals surface area contributed by atoms with Gasteiger partial charge in [0.15, 0.2) is 5.60 Å². The lowest BCUT2D eigenvalue weighted by Gasteiger charge is -2.35. The summed E-state index contributed by atoms with van der Waals surface area (Å²) in [6.07, 6.45) is 0.432. The number of nitrogens with zero attached hydrogens (tertiary/aromatic N) is 1. The summed E-state index contributed by atoms with van der Waals surface area (Å²) in [5, 5.41) is 18.8. The van der Waals surface area contributed by atoms with Crippen LogP contribution in [0, 0.1) is 6.92 Å². The first-order valence-corrected chi connectivity index (χ1v) is 7.60. The third-order valence-electron chi connectivity index (χ3n) is 3.93. The minimum absolute atomic E-state index is 0.0433. The normalized spacial score (nSPS) is 17.6. The van der Waals surface area contributed by atoms with Crippen molar-refractivity contribution in [3.8, 4) is 0 Å². The number of carboxylic acids is 1. The van der Waals surface area contributed by atoms with Crippen LogP contribution in [0.4, 0.5) is 0 Å². The van der Waals surface area contributed by atoms with Crippen LogP contribution >= 0.6 is 15.9 Å². The number of aryl methyl sites for hydroxylation is 1. The number of carbonyl (C=O) groups is 2. The molecule has 1 heterocycles. The van der Waals surface area contributed by atoms with Crippen molar-refractivity contribution in [2.45, 2.75) is 31.8 Å². The minimum atomic E-state index is -1.69. The molecule has 0 aliphatic carbocycles. The highest BCUT2D eigenvalue weighted by atomic mass is 79.9. The molecule has 2 rings (SSSR count). The third-order valence-corrected chi connectivity index (χ3v) is 4.79. The Kier molecular flexibility index (Phi) is 4.68. The lowest BCUT2D eigenvalue weighted by atomic mass is 9.91. The summed E-state index contributed by atoms with van der Waals surface area (Å²) in [5.41, 5.74) is 0.330. The molecular formula is C15H18BrNO4. The van der Waals surface area contributed by atoms with Crippen molar-refractivity contribution in [2.24, 2.45) is 0 Å². The number of carbonyl (C=O) groups excluding carboxylic acids is 1. The molecule has 6 heteroatoms. The summed E-state index contributed by atoms with van der Waals surface area (Å²) in [4.78, 5) is 24.8. The zero-order valence-electron chi connectivity index (χ0n) is 11.8. The van der Waals surface area contributed by atoms with Gasteiger partial charge in [-0.15, -0.1) is 0 Å². The lowest BCUT2D eigenvalue weighted by molar-refractivity contribution is -0.165. The molecule has 0 atom stereocenters. The highest BCUT2D eigenvalue weighted by molar-refractivity contribution is 9.10. The van der Waals surface area contributed by atoms with E-state index in [0.717, 1.165) is 15.6 Å². The molecule has 1 amide bonds. The van der Waals surface area contributed by atoms with E-state index in [2.05, 4.69) is 15.9 Å². The van der Waals surface area contributed by atoms with Gasteiger partial charge >= 0.3 is 5.97 Å². The standard InChI is InChI=1S/C15H18BrNO4/c1-10-2-3-11(8-12(10)16)9-13(18)17-6-4-15(21,5-7-17)14(19)20/h2-3,8,21H,4-7,9H2,1H3,(H,19,20).